The lowest BCUT2D eigenvalue weighted by Crippen LogP contribution is -2.05. The normalized spacial score (nSPS) is 10.5. The number of hydrogen-bond donors (Lipinski definition) is 0. The van der Waals surface area contributed by atoms with Crippen molar-refractivity contribution in [1.82, 2.24) is 15.0 Å². The number of aromatic nitrogens is 3. The van der Waals surface area contributed by atoms with Crippen LogP contribution in [0.15, 0.2) is 0 Å². The smallest absolute Gasteiger partial charge is 0.141 e. The van der Waals surface area contributed by atoms with Crippen LogP contribution in [-0.2, 0) is 11.5 Å². The van der Waals surface area contributed by atoms with Gasteiger partial charge < -0.3 is 4.74 Å². The first kappa shape index (κ1) is 8.62. The van der Waals surface area contributed by atoms with Gasteiger partial charge >= 0.3 is 0 Å². The quantitative estimate of drug-likeness (QED) is 0.632. The van der Waals surface area contributed by atoms with Gasteiger partial charge in [-0.1, -0.05) is 5.21 Å². The van der Waals surface area contributed by atoms with E-state index in [4.69, 9.17) is 4.74 Å². The predicted molar refractivity (Wildman–Crippen MR) is 45.2 cm³/mol. The Morgan fingerprint density at radius 1 is 1.55 bits per heavy atom. The molecule has 0 aliphatic rings. The van der Waals surface area contributed by atoms with Gasteiger partial charge in [0.15, 0.2) is 0 Å². The minimum Gasteiger partial charge on any atom is -0.355 e. The molecule has 11 heavy (non-hydrogen) atoms. The summed E-state index contributed by atoms with van der Waals surface area (Å²) in [7, 11) is 2.49. The van der Waals surface area contributed by atoms with E-state index >= 15 is 0 Å². The fourth-order valence-corrected chi connectivity index (χ4v) is 0.815. The van der Waals surface area contributed by atoms with Crippen molar-refractivity contribution in [2.24, 2.45) is 0 Å². The molecule has 0 aromatic carbocycles. The summed E-state index contributed by atoms with van der Waals surface area (Å²) < 4.78 is 6.87. The van der Waals surface area contributed by atoms with Crippen molar-refractivity contribution >= 4 is 9.24 Å². The number of hydrogen-bond acceptors (Lipinski definition) is 3. The molecule has 0 bridgehead atoms. The zero-order valence-electron chi connectivity index (χ0n) is 6.74. The van der Waals surface area contributed by atoms with Crippen LogP contribution in [0.2, 0.25) is 0 Å². The minimum absolute atomic E-state index is 0.482. The molecule has 0 saturated heterocycles. The van der Waals surface area contributed by atoms with Gasteiger partial charge in [-0.05, 0) is 13.8 Å². The minimum atomic E-state index is 0.482. The number of nitrogens with zero attached hydrogens (tertiary/aromatic N) is 3. The Morgan fingerprint density at radius 2 is 2.27 bits per heavy atom. The molecule has 0 aliphatic carbocycles. The lowest BCUT2D eigenvalue weighted by atomic mass is 10.4. The van der Waals surface area contributed by atoms with Gasteiger partial charge in [0.05, 0.1) is 17.7 Å². The van der Waals surface area contributed by atoms with Gasteiger partial charge in [0.1, 0.15) is 6.73 Å². The Balaban J connectivity index is 2.63. The highest BCUT2D eigenvalue weighted by Gasteiger charge is 2.01. The van der Waals surface area contributed by atoms with E-state index in [0.717, 1.165) is 11.4 Å². The summed E-state index contributed by atoms with van der Waals surface area (Å²) in [5.41, 5.74) is 2.01. The Labute approximate surface area is 68.1 Å². The second-order valence-electron chi connectivity index (χ2n) is 2.26. The van der Waals surface area contributed by atoms with E-state index in [2.05, 4.69) is 19.6 Å². The molecule has 0 spiro atoms. The largest absolute Gasteiger partial charge is 0.355 e. The van der Waals surface area contributed by atoms with E-state index in [1.165, 1.54) is 0 Å². The van der Waals surface area contributed by atoms with Crippen molar-refractivity contribution in [2.45, 2.75) is 20.6 Å². The SMILES string of the molecule is Cc1nnn(COCP)c1C. The van der Waals surface area contributed by atoms with E-state index < -0.39 is 0 Å². The average molecular weight is 173 g/mol. The zero-order valence-corrected chi connectivity index (χ0v) is 7.90. The second-order valence-corrected chi connectivity index (χ2v) is 2.59. The van der Waals surface area contributed by atoms with Gasteiger partial charge in [-0.2, -0.15) is 0 Å². The van der Waals surface area contributed by atoms with E-state index in [0.29, 0.717) is 13.1 Å². The van der Waals surface area contributed by atoms with E-state index in [-0.39, 0.29) is 0 Å². The molecule has 1 atom stereocenters. The van der Waals surface area contributed by atoms with Gasteiger partial charge in [0.25, 0.3) is 0 Å². The van der Waals surface area contributed by atoms with Crippen LogP contribution < -0.4 is 0 Å². The molecule has 0 N–H and O–H groups in total. The van der Waals surface area contributed by atoms with Crippen LogP contribution in [0.4, 0.5) is 0 Å². The summed E-state index contributed by atoms with van der Waals surface area (Å²) in [4.78, 5) is 0. The van der Waals surface area contributed by atoms with E-state index in [1.54, 1.807) is 4.68 Å². The van der Waals surface area contributed by atoms with Crippen molar-refractivity contribution in [3.8, 4) is 0 Å². The molecule has 1 aromatic heterocycles. The fraction of sp³-hybridized carbons (Fsp3) is 0.667. The summed E-state index contributed by atoms with van der Waals surface area (Å²) in [6, 6.07) is 0. The number of ether oxygens (including phenoxy) is 1. The topological polar surface area (TPSA) is 39.9 Å². The first-order chi connectivity index (χ1) is 5.25. The molecule has 4 nitrogen and oxygen atoms in total. The van der Waals surface area contributed by atoms with Gasteiger partial charge in [0, 0.05) is 0 Å². The highest BCUT2D eigenvalue weighted by molar-refractivity contribution is 7.16. The Morgan fingerprint density at radius 3 is 2.73 bits per heavy atom. The summed E-state index contributed by atoms with van der Waals surface area (Å²) >= 11 is 0. The monoisotopic (exact) mass is 173 g/mol. The third-order valence-corrected chi connectivity index (χ3v) is 1.78. The molecule has 1 unspecified atom stereocenters. The van der Waals surface area contributed by atoms with Crippen molar-refractivity contribution in [2.75, 3.05) is 6.35 Å². The maximum Gasteiger partial charge on any atom is 0.141 e. The Bertz CT molecular complexity index is 236. The van der Waals surface area contributed by atoms with Crippen molar-refractivity contribution in [3.05, 3.63) is 11.4 Å². The maximum absolute atomic E-state index is 5.14. The van der Waals surface area contributed by atoms with Crippen molar-refractivity contribution < 1.29 is 4.74 Å². The van der Waals surface area contributed by atoms with Gasteiger partial charge in [-0.25, -0.2) is 4.68 Å². The van der Waals surface area contributed by atoms with Gasteiger partial charge in [0.2, 0.25) is 0 Å². The number of rotatable bonds is 3. The molecule has 0 saturated carbocycles. The van der Waals surface area contributed by atoms with Crippen molar-refractivity contribution in [3.63, 3.8) is 0 Å². The van der Waals surface area contributed by atoms with Crippen LogP contribution in [0.25, 0.3) is 0 Å². The zero-order chi connectivity index (χ0) is 8.27. The molecule has 5 heteroatoms. The summed E-state index contributed by atoms with van der Waals surface area (Å²) in [6.07, 6.45) is 0.623. The molecule has 1 rings (SSSR count). The first-order valence-corrected chi connectivity index (χ1v) is 4.22. The molecular weight excluding hydrogens is 161 g/mol. The fourth-order valence-electron chi connectivity index (χ4n) is 0.709. The average Bonchev–Trinajstić information content (AvgIpc) is 2.31. The molecular formula is C6H12N3OP. The number of aryl methyl sites for hydroxylation is 1. The highest BCUT2D eigenvalue weighted by atomic mass is 31.0. The summed E-state index contributed by atoms with van der Waals surface area (Å²) in [5.74, 6) is 0. The third-order valence-electron chi connectivity index (χ3n) is 1.54. The molecule has 1 heterocycles. The van der Waals surface area contributed by atoms with Crippen LogP contribution in [0.5, 0.6) is 0 Å². The van der Waals surface area contributed by atoms with Crippen molar-refractivity contribution in [1.29, 1.82) is 0 Å². The second kappa shape index (κ2) is 3.79. The Hall–Kier alpha value is -0.470. The third kappa shape index (κ3) is 1.98. The molecule has 62 valence electrons. The molecule has 0 fully saturated rings. The van der Waals surface area contributed by atoms with E-state index in [9.17, 15) is 0 Å². The van der Waals surface area contributed by atoms with Gasteiger partial charge in [-0.3, -0.25) is 0 Å². The molecule has 0 radical (unpaired) electrons. The first-order valence-electron chi connectivity index (χ1n) is 3.40. The van der Waals surface area contributed by atoms with Crippen LogP contribution in [0.3, 0.4) is 0 Å². The lowest BCUT2D eigenvalue weighted by molar-refractivity contribution is 0.104. The summed E-state index contributed by atoms with van der Waals surface area (Å²) in [5, 5.41) is 7.78. The van der Waals surface area contributed by atoms with Crippen LogP contribution in [0.1, 0.15) is 11.4 Å². The lowest BCUT2D eigenvalue weighted by Gasteiger charge is -2.01. The predicted octanol–water partition coefficient (Wildman–Crippen LogP) is 0.702. The van der Waals surface area contributed by atoms with Crippen LogP contribution in [0, 0.1) is 13.8 Å². The molecule has 0 amide bonds. The van der Waals surface area contributed by atoms with Crippen LogP contribution in [-0.4, -0.2) is 21.3 Å². The van der Waals surface area contributed by atoms with E-state index in [1.807, 2.05) is 13.8 Å². The molecule has 0 aliphatic heterocycles. The Kier molecular flexibility index (Phi) is 2.97. The highest BCUT2D eigenvalue weighted by Crippen LogP contribution is 2.01. The summed E-state index contributed by atoms with van der Waals surface area (Å²) in [6.45, 7) is 4.39. The maximum atomic E-state index is 5.14. The molecule has 1 aromatic rings. The van der Waals surface area contributed by atoms with Gasteiger partial charge in [-0.15, -0.1) is 14.3 Å². The van der Waals surface area contributed by atoms with Crippen LogP contribution >= 0.6 is 9.24 Å². The standard InChI is InChI=1S/C6H12N3OP/c1-5-6(2)9(8-7-5)3-10-4-11/h3-4,11H2,1-2H3.